The minimum Gasteiger partial charge on any atom is -0.429 e. The van der Waals surface area contributed by atoms with Gasteiger partial charge in [-0.2, -0.15) is 22.0 Å². The van der Waals surface area contributed by atoms with Gasteiger partial charge >= 0.3 is 12.3 Å². The van der Waals surface area contributed by atoms with E-state index in [4.69, 9.17) is 0 Å². The first kappa shape index (κ1) is 29.9. The topological polar surface area (TPSA) is 9.23 Å². The van der Waals surface area contributed by atoms with E-state index in [9.17, 15) is 43.9 Å². The molecule has 0 saturated carbocycles. The van der Waals surface area contributed by atoms with Gasteiger partial charge in [0.1, 0.15) is 51.8 Å². The van der Waals surface area contributed by atoms with Crippen molar-refractivity contribution in [3.63, 3.8) is 0 Å². The van der Waals surface area contributed by atoms with Gasteiger partial charge in [0, 0.05) is 23.3 Å². The second-order valence-electron chi connectivity index (χ2n) is 9.02. The molecule has 216 valence electrons. The molecule has 0 aliphatic carbocycles. The molecule has 41 heavy (non-hydrogen) atoms. The zero-order chi connectivity index (χ0) is 30.4. The largest absolute Gasteiger partial charge is 0.432 e. The van der Waals surface area contributed by atoms with E-state index in [-0.39, 0.29) is 40.8 Å². The van der Waals surface area contributed by atoms with Gasteiger partial charge in [-0.25, -0.2) is 26.3 Å². The van der Waals surface area contributed by atoms with Crippen molar-refractivity contribution in [2.75, 3.05) is 0 Å². The Bertz CT molecular complexity index is 1600. The van der Waals surface area contributed by atoms with Gasteiger partial charge in [0.25, 0.3) is 0 Å². The van der Waals surface area contributed by atoms with Gasteiger partial charge in [0.05, 0.1) is 0 Å². The summed E-state index contributed by atoms with van der Waals surface area (Å²) >= 11 is 0. The van der Waals surface area contributed by atoms with E-state index in [0.717, 1.165) is 6.07 Å². The third-order valence-electron chi connectivity index (χ3n) is 6.16. The number of ether oxygens (including phenoxy) is 1. The predicted octanol–water partition coefficient (Wildman–Crippen LogP) is 9.87. The maximum Gasteiger partial charge on any atom is 0.432 e. The second kappa shape index (κ2) is 10.7. The molecule has 1 nitrogen and oxygen atoms in total. The minimum absolute atomic E-state index is 0.0522. The van der Waals surface area contributed by atoms with Crippen LogP contribution in [0.25, 0.3) is 22.3 Å². The molecule has 0 aromatic heterocycles. The zero-order valence-corrected chi connectivity index (χ0v) is 21.0. The Kier molecular flexibility index (Phi) is 7.81. The van der Waals surface area contributed by atoms with Gasteiger partial charge < -0.3 is 4.74 Å². The van der Waals surface area contributed by atoms with Crippen molar-refractivity contribution in [3.05, 3.63) is 112 Å². The minimum atomic E-state index is -5.50. The summed E-state index contributed by atoms with van der Waals surface area (Å²) in [6.07, 6.45) is -10.4. The molecular formula is C29H17F11O. The Morgan fingerprint density at radius 2 is 1.15 bits per heavy atom. The number of alkyl halides is 5. The molecule has 0 fully saturated rings. The summed E-state index contributed by atoms with van der Waals surface area (Å²) in [4.78, 5) is 0. The van der Waals surface area contributed by atoms with Crippen LogP contribution in [0.4, 0.5) is 48.3 Å². The molecule has 4 rings (SSSR count). The number of hydrogen-bond acceptors (Lipinski definition) is 1. The van der Waals surface area contributed by atoms with Crippen LogP contribution in [0.15, 0.2) is 54.6 Å². The van der Waals surface area contributed by atoms with Gasteiger partial charge in [-0.15, -0.1) is 0 Å². The lowest BCUT2D eigenvalue weighted by molar-refractivity contribution is -0.189. The van der Waals surface area contributed by atoms with Crippen molar-refractivity contribution in [1.29, 1.82) is 0 Å². The van der Waals surface area contributed by atoms with Crippen LogP contribution in [-0.2, 0) is 18.7 Å². The quantitative estimate of drug-likeness (QED) is 0.203. The molecule has 0 heterocycles. The van der Waals surface area contributed by atoms with Crippen LogP contribution >= 0.6 is 0 Å². The fraction of sp³-hybridized carbons (Fsp3) is 0.172. The summed E-state index contributed by atoms with van der Waals surface area (Å²) in [6.45, 7) is 3.22. The molecule has 4 aromatic rings. The summed E-state index contributed by atoms with van der Waals surface area (Å²) in [7, 11) is 0. The Morgan fingerprint density at radius 1 is 0.610 bits per heavy atom. The fourth-order valence-electron chi connectivity index (χ4n) is 4.35. The maximum atomic E-state index is 15.3. The van der Waals surface area contributed by atoms with E-state index in [1.807, 2.05) is 0 Å². The predicted molar refractivity (Wildman–Crippen MR) is 127 cm³/mol. The van der Waals surface area contributed by atoms with E-state index < -0.39 is 69.6 Å². The number of halogens is 11. The van der Waals surface area contributed by atoms with Crippen molar-refractivity contribution in [1.82, 2.24) is 0 Å². The monoisotopic (exact) mass is 590 g/mol. The van der Waals surface area contributed by atoms with Crippen LogP contribution in [0.3, 0.4) is 0 Å². The summed E-state index contributed by atoms with van der Waals surface area (Å²) in [5.74, 6) is -11.7. The Balaban J connectivity index is 1.74. The summed E-state index contributed by atoms with van der Waals surface area (Å²) in [6, 6.07) is 6.83. The number of rotatable bonds is 6. The van der Waals surface area contributed by atoms with E-state index in [1.165, 1.54) is 18.2 Å². The van der Waals surface area contributed by atoms with Crippen molar-refractivity contribution >= 4 is 0 Å². The van der Waals surface area contributed by atoms with Crippen LogP contribution in [0.5, 0.6) is 5.75 Å². The first-order chi connectivity index (χ1) is 19.0. The van der Waals surface area contributed by atoms with Crippen LogP contribution in [0.1, 0.15) is 29.2 Å². The lowest BCUT2D eigenvalue weighted by atomic mass is 9.92. The number of aryl methyl sites for hydroxylation is 2. The fourth-order valence-corrected chi connectivity index (χ4v) is 4.35. The average Bonchev–Trinajstić information content (AvgIpc) is 2.81. The first-order valence-electron chi connectivity index (χ1n) is 11.7. The van der Waals surface area contributed by atoms with Crippen molar-refractivity contribution in [2.45, 2.75) is 32.6 Å². The molecule has 0 aliphatic rings. The highest BCUT2D eigenvalue weighted by atomic mass is 19.4. The van der Waals surface area contributed by atoms with E-state index in [1.54, 1.807) is 19.9 Å². The van der Waals surface area contributed by atoms with Crippen LogP contribution in [-0.4, -0.2) is 0 Å². The van der Waals surface area contributed by atoms with Crippen LogP contribution in [0.2, 0.25) is 0 Å². The molecule has 0 radical (unpaired) electrons. The van der Waals surface area contributed by atoms with Gasteiger partial charge in [0.2, 0.25) is 0 Å². The SMILES string of the molecule is CCc1cc(-c2ccc(C)cc2F)cc(F)c1-c1cc(F)c(C(F)(F)Oc2cc(F)c(C(F)(F)F)c(F)c2)c(F)c1. The molecule has 0 atom stereocenters. The van der Waals surface area contributed by atoms with Crippen molar-refractivity contribution < 1.29 is 53.0 Å². The average molecular weight is 590 g/mol. The summed E-state index contributed by atoms with van der Waals surface area (Å²) < 4.78 is 159. The van der Waals surface area contributed by atoms with Gasteiger partial charge in [-0.3, -0.25) is 0 Å². The molecule has 0 N–H and O–H groups in total. The highest BCUT2D eigenvalue weighted by molar-refractivity contribution is 5.75. The molecule has 12 heteroatoms. The van der Waals surface area contributed by atoms with Gasteiger partial charge in [-0.05, 0) is 59.9 Å². The van der Waals surface area contributed by atoms with Crippen molar-refractivity contribution in [2.24, 2.45) is 0 Å². The molecule has 0 bridgehead atoms. The summed E-state index contributed by atoms with van der Waals surface area (Å²) in [5.41, 5.74) is -4.34. The molecule has 0 amide bonds. The lowest BCUT2D eigenvalue weighted by Crippen LogP contribution is -2.25. The number of benzene rings is 4. The highest BCUT2D eigenvalue weighted by Crippen LogP contribution is 2.41. The Labute approximate surface area is 225 Å². The number of hydrogen-bond donors (Lipinski definition) is 0. The lowest BCUT2D eigenvalue weighted by Gasteiger charge is -2.21. The molecule has 0 spiro atoms. The second-order valence-corrected chi connectivity index (χ2v) is 9.02. The first-order valence-corrected chi connectivity index (χ1v) is 11.7. The van der Waals surface area contributed by atoms with Crippen molar-refractivity contribution in [3.8, 4) is 28.0 Å². The molecule has 0 saturated heterocycles. The third-order valence-corrected chi connectivity index (χ3v) is 6.16. The molecular weight excluding hydrogens is 573 g/mol. The Hall–Kier alpha value is -4.09. The smallest absolute Gasteiger partial charge is 0.429 e. The van der Waals surface area contributed by atoms with E-state index in [2.05, 4.69) is 4.74 Å². The van der Waals surface area contributed by atoms with E-state index >= 15 is 4.39 Å². The zero-order valence-electron chi connectivity index (χ0n) is 21.0. The standard InChI is InChI=1S/C29H17F11O/c1-3-14-7-15(18-5-4-13(2)6-19(18)30)8-20(31)25(14)16-9-21(32)27(22(33)10-16)29(39,40)41-17-11-23(34)26(24(35)12-17)28(36,37)38/h4-12H,3H2,1-2H3. The summed E-state index contributed by atoms with van der Waals surface area (Å²) in [5, 5.41) is 0. The van der Waals surface area contributed by atoms with Crippen LogP contribution < -0.4 is 4.74 Å². The van der Waals surface area contributed by atoms with Crippen LogP contribution in [0, 0.1) is 41.8 Å². The third kappa shape index (κ3) is 5.86. The Morgan fingerprint density at radius 3 is 1.66 bits per heavy atom. The van der Waals surface area contributed by atoms with Gasteiger partial charge in [0.15, 0.2) is 0 Å². The molecule has 4 aromatic carbocycles. The maximum absolute atomic E-state index is 15.3. The molecule has 0 unspecified atom stereocenters. The van der Waals surface area contributed by atoms with E-state index in [0.29, 0.717) is 17.7 Å². The molecule has 0 aliphatic heterocycles. The normalized spacial score (nSPS) is 12.1. The van der Waals surface area contributed by atoms with Gasteiger partial charge in [-0.1, -0.05) is 25.1 Å². The highest BCUT2D eigenvalue weighted by Gasteiger charge is 2.43.